The minimum absolute atomic E-state index is 0.0743. The number of ether oxygens (including phenoxy) is 1. The van der Waals surface area contributed by atoms with Crippen LogP contribution in [0.25, 0.3) is 0 Å². The van der Waals surface area contributed by atoms with Crippen LogP contribution >= 0.6 is 23.2 Å². The number of alkyl halides is 1. The van der Waals surface area contributed by atoms with E-state index in [1.54, 1.807) is 6.07 Å². The lowest BCUT2D eigenvalue weighted by molar-refractivity contribution is -0.139. The maximum absolute atomic E-state index is 11.1. The van der Waals surface area contributed by atoms with Crippen molar-refractivity contribution in [3.8, 4) is 6.07 Å². The molecule has 0 N–H and O–H groups in total. The van der Waals surface area contributed by atoms with Gasteiger partial charge in [0.1, 0.15) is 0 Å². The molecule has 1 aromatic carbocycles. The average Bonchev–Trinajstić information content (AvgIpc) is 2.30. The number of halogens is 2. The molecule has 0 aliphatic heterocycles. The number of hydrogen-bond donors (Lipinski definition) is 0. The lowest BCUT2D eigenvalue weighted by Crippen LogP contribution is -2.05. The molecule has 0 radical (unpaired) electrons. The molecule has 0 amide bonds. The first kappa shape index (κ1) is 12.8. The second-order valence-corrected chi connectivity index (χ2v) is 3.77. The number of benzene rings is 1. The maximum Gasteiger partial charge on any atom is 0.310 e. The van der Waals surface area contributed by atoms with E-state index in [1.807, 2.05) is 6.07 Å². The molecule has 5 heteroatoms. The molecule has 1 aromatic rings. The molecule has 0 heterocycles. The molecule has 0 saturated heterocycles. The van der Waals surface area contributed by atoms with E-state index in [9.17, 15) is 4.79 Å². The normalized spacial score (nSPS) is 9.62. The van der Waals surface area contributed by atoms with Crippen LogP contribution in [0.2, 0.25) is 5.02 Å². The standard InChI is InChI=1S/C11H9Cl2NO2/c1-16-11(15)4-7-2-8(5-12)9(6-14)3-10(7)13/h2-3H,4-5H2,1H3. The van der Waals surface area contributed by atoms with Gasteiger partial charge in [0.05, 0.1) is 25.2 Å². The summed E-state index contributed by atoms with van der Waals surface area (Å²) in [5.41, 5.74) is 1.70. The van der Waals surface area contributed by atoms with Gasteiger partial charge < -0.3 is 4.74 Å². The summed E-state index contributed by atoms with van der Waals surface area (Å²) in [5, 5.41) is 9.21. The van der Waals surface area contributed by atoms with Crippen LogP contribution in [0.3, 0.4) is 0 Å². The molecule has 16 heavy (non-hydrogen) atoms. The van der Waals surface area contributed by atoms with Crippen molar-refractivity contribution in [3.05, 3.63) is 33.8 Å². The quantitative estimate of drug-likeness (QED) is 0.618. The Balaban J connectivity index is 3.12. The van der Waals surface area contributed by atoms with Gasteiger partial charge in [0.15, 0.2) is 0 Å². The van der Waals surface area contributed by atoms with Crippen LogP contribution < -0.4 is 0 Å². The number of carbonyl (C=O) groups is 1. The molecule has 0 aliphatic rings. The van der Waals surface area contributed by atoms with Crippen LogP contribution in [0.15, 0.2) is 12.1 Å². The number of methoxy groups -OCH3 is 1. The highest BCUT2D eigenvalue weighted by molar-refractivity contribution is 6.31. The Morgan fingerprint density at radius 1 is 1.50 bits per heavy atom. The third-order valence-corrected chi connectivity index (χ3v) is 2.74. The summed E-state index contributed by atoms with van der Waals surface area (Å²) in [5.74, 6) is -0.180. The van der Waals surface area contributed by atoms with Crippen LogP contribution in [-0.4, -0.2) is 13.1 Å². The Hall–Kier alpha value is -1.24. The van der Waals surface area contributed by atoms with E-state index in [1.165, 1.54) is 13.2 Å². The van der Waals surface area contributed by atoms with Crippen molar-refractivity contribution in [1.29, 1.82) is 5.26 Å². The van der Waals surface area contributed by atoms with E-state index in [-0.39, 0.29) is 18.3 Å². The molecule has 0 atom stereocenters. The average molecular weight is 258 g/mol. The molecule has 0 aliphatic carbocycles. The Bertz CT molecular complexity index is 452. The lowest BCUT2D eigenvalue weighted by Gasteiger charge is -2.07. The first-order valence-electron chi connectivity index (χ1n) is 4.46. The highest BCUT2D eigenvalue weighted by atomic mass is 35.5. The van der Waals surface area contributed by atoms with Crippen LogP contribution in [0.1, 0.15) is 16.7 Å². The number of esters is 1. The second kappa shape index (κ2) is 5.74. The van der Waals surface area contributed by atoms with Gasteiger partial charge in [-0.25, -0.2) is 0 Å². The number of hydrogen-bond acceptors (Lipinski definition) is 3. The van der Waals surface area contributed by atoms with Crippen molar-refractivity contribution in [1.82, 2.24) is 0 Å². The zero-order chi connectivity index (χ0) is 12.1. The first-order valence-corrected chi connectivity index (χ1v) is 5.37. The van der Waals surface area contributed by atoms with Gasteiger partial charge in [0.25, 0.3) is 0 Å². The zero-order valence-corrected chi connectivity index (χ0v) is 10.1. The van der Waals surface area contributed by atoms with E-state index in [2.05, 4.69) is 4.74 Å². The SMILES string of the molecule is COC(=O)Cc1cc(CCl)c(C#N)cc1Cl. The molecule has 0 aromatic heterocycles. The number of nitrogens with zero attached hydrogens (tertiary/aromatic N) is 1. The van der Waals surface area contributed by atoms with Gasteiger partial charge in [0.2, 0.25) is 0 Å². The minimum Gasteiger partial charge on any atom is -0.469 e. The van der Waals surface area contributed by atoms with Crippen molar-refractivity contribution in [2.24, 2.45) is 0 Å². The molecule has 0 unspecified atom stereocenters. The van der Waals surface area contributed by atoms with Crippen molar-refractivity contribution in [2.75, 3.05) is 7.11 Å². The maximum atomic E-state index is 11.1. The topological polar surface area (TPSA) is 50.1 Å². The summed E-state index contributed by atoms with van der Waals surface area (Å²) < 4.78 is 4.54. The first-order chi connectivity index (χ1) is 7.62. The van der Waals surface area contributed by atoms with Crippen LogP contribution in [-0.2, 0) is 21.8 Å². The molecule has 0 saturated carbocycles. The molecule has 3 nitrogen and oxygen atoms in total. The van der Waals surface area contributed by atoms with E-state index < -0.39 is 0 Å². The molecule has 0 bridgehead atoms. The predicted molar refractivity (Wildman–Crippen MR) is 61.4 cm³/mol. The van der Waals surface area contributed by atoms with Gasteiger partial charge in [-0.2, -0.15) is 5.26 Å². The van der Waals surface area contributed by atoms with E-state index in [4.69, 9.17) is 28.5 Å². The summed E-state index contributed by atoms with van der Waals surface area (Å²) in [6.45, 7) is 0. The summed E-state index contributed by atoms with van der Waals surface area (Å²) in [7, 11) is 1.31. The van der Waals surface area contributed by atoms with E-state index in [0.717, 1.165) is 0 Å². The molecular formula is C11H9Cl2NO2. The Morgan fingerprint density at radius 3 is 2.69 bits per heavy atom. The third kappa shape index (κ3) is 2.88. The van der Waals surface area contributed by atoms with Crippen molar-refractivity contribution < 1.29 is 9.53 Å². The second-order valence-electron chi connectivity index (χ2n) is 3.10. The number of rotatable bonds is 3. The zero-order valence-electron chi connectivity index (χ0n) is 8.59. The van der Waals surface area contributed by atoms with Crippen LogP contribution in [0.4, 0.5) is 0 Å². The van der Waals surface area contributed by atoms with Gasteiger partial charge in [-0.05, 0) is 17.2 Å². The summed E-state index contributed by atoms with van der Waals surface area (Å²) in [6.07, 6.45) is 0.0743. The van der Waals surface area contributed by atoms with Gasteiger partial charge in [-0.1, -0.05) is 17.7 Å². The third-order valence-electron chi connectivity index (χ3n) is 2.10. The molecule has 1 rings (SSSR count). The fourth-order valence-electron chi connectivity index (χ4n) is 1.25. The molecule has 84 valence electrons. The van der Waals surface area contributed by atoms with E-state index >= 15 is 0 Å². The Morgan fingerprint density at radius 2 is 2.19 bits per heavy atom. The number of nitriles is 1. The summed E-state index contributed by atoms with van der Waals surface area (Å²) in [4.78, 5) is 11.1. The van der Waals surface area contributed by atoms with Gasteiger partial charge >= 0.3 is 5.97 Å². The highest BCUT2D eigenvalue weighted by Crippen LogP contribution is 2.23. The Labute approximate surface area is 104 Å². The van der Waals surface area contributed by atoms with Crippen molar-refractivity contribution in [3.63, 3.8) is 0 Å². The molecular weight excluding hydrogens is 249 g/mol. The highest BCUT2D eigenvalue weighted by Gasteiger charge is 2.11. The molecule has 0 fully saturated rings. The Kier molecular flexibility index (Phi) is 4.60. The number of carbonyl (C=O) groups excluding carboxylic acids is 1. The minimum atomic E-state index is -0.382. The van der Waals surface area contributed by atoms with Crippen LogP contribution in [0, 0.1) is 11.3 Å². The van der Waals surface area contributed by atoms with Gasteiger partial charge in [-0.3, -0.25) is 4.79 Å². The summed E-state index contributed by atoms with van der Waals surface area (Å²) >= 11 is 11.6. The van der Waals surface area contributed by atoms with Crippen molar-refractivity contribution in [2.45, 2.75) is 12.3 Å². The van der Waals surface area contributed by atoms with E-state index in [0.29, 0.717) is 21.7 Å². The largest absolute Gasteiger partial charge is 0.469 e. The van der Waals surface area contributed by atoms with Gasteiger partial charge in [-0.15, -0.1) is 11.6 Å². The predicted octanol–water partition coefficient (Wildman–Crippen LogP) is 2.67. The monoisotopic (exact) mass is 257 g/mol. The van der Waals surface area contributed by atoms with Crippen molar-refractivity contribution >= 4 is 29.2 Å². The lowest BCUT2D eigenvalue weighted by atomic mass is 10.0. The fraction of sp³-hybridized carbons (Fsp3) is 0.273. The molecule has 0 spiro atoms. The van der Waals surface area contributed by atoms with Gasteiger partial charge in [0, 0.05) is 10.9 Å². The smallest absolute Gasteiger partial charge is 0.310 e. The summed E-state index contributed by atoms with van der Waals surface area (Å²) in [6, 6.07) is 5.17. The fourth-order valence-corrected chi connectivity index (χ4v) is 1.70. The van der Waals surface area contributed by atoms with Crippen LogP contribution in [0.5, 0.6) is 0 Å².